The topological polar surface area (TPSA) is 96.5 Å². The molecule has 0 saturated heterocycles. The molecule has 1 aromatic heterocycles. The van der Waals surface area contributed by atoms with Gasteiger partial charge in [-0.3, -0.25) is 10.1 Å². The van der Waals surface area contributed by atoms with Crippen LogP contribution in [0.3, 0.4) is 0 Å². The van der Waals surface area contributed by atoms with Gasteiger partial charge < -0.3 is 15.0 Å². The molecule has 1 atom stereocenters. The molecule has 0 aliphatic rings. The van der Waals surface area contributed by atoms with Crippen molar-refractivity contribution in [1.29, 1.82) is 0 Å². The van der Waals surface area contributed by atoms with Crippen molar-refractivity contribution in [2.75, 3.05) is 26.5 Å². The van der Waals surface area contributed by atoms with Crippen LogP contribution in [0.4, 0.5) is 9.93 Å². The molecule has 0 aliphatic heterocycles. The summed E-state index contributed by atoms with van der Waals surface area (Å²) in [6.07, 6.45) is 0. The van der Waals surface area contributed by atoms with Gasteiger partial charge in [-0.25, -0.2) is 4.79 Å². The number of nitrogens with one attached hydrogen (secondary N) is 2. The maximum Gasteiger partial charge on any atom is 0.317 e. The molecule has 0 radical (unpaired) electrons. The number of amides is 3. The summed E-state index contributed by atoms with van der Waals surface area (Å²) in [5.41, 5.74) is 0.878. The molecule has 2 N–H and O–H groups in total. The van der Waals surface area contributed by atoms with Gasteiger partial charge in [0.05, 0.1) is 7.11 Å². The Labute approximate surface area is 143 Å². The van der Waals surface area contributed by atoms with Gasteiger partial charge >= 0.3 is 6.03 Å². The number of hydrogen-bond donors (Lipinski definition) is 2. The molecule has 9 heteroatoms. The van der Waals surface area contributed by atoms with Crippen molar-refractivity contribution >= 4 is 28.4 Å². The van der Waals surface area contributed by atoms with Gasteiger partial charge in [0.15, 0.2) is 0 Å². The summed E-state index contributed by atoms with van der Waals surface area (Å²) in [4.78, 5) is 25.0. The highest BCUT2D eigenvalue weighted by molar-refractivity contribution is 7.18. The van der Waals surface area contributed by atoms with Gasteiger partial charge in [-0.2, -0.15) is 0 Å². The molecular formula is C15H19N5O3S. The second-order valence-electron chi connectivity index (χ2n) is 5.20. The third-order valence-corrected chi connectivity index (χ3v) is 4.02. The van der Waals surface area contributed by atoms with E-state index in [0.717, 1.165) is 11.3 Å². The summed E-state index contributed by atoms with van der Waals surface area (Å²) in [5, 5.41) is 14.3. The average Bonchev–Trinajstić information content (AvgIpc) is 3.03. The standard InChI is InChI=1S/C15H19N5O3S/c1-9(16-15(22)20(2)3)12(21)17-14-19-18-13(24-14)10-5-7-11(23-4)8-6-10/h5-9H,1-4H3,(H,16,22)(H,17,19,21)/t9-/m1/s1. The van der Waals surface area contributed by atoms with Crippen LogP contribution >= 0.6 is 11.3 Å². The SMILES string of the molecule is COc1ccc(-c2nnc(NC(=O)[C@@H](C)NC(=O)N(C)C)s2)cc1. The molecule has 1 heterocycles. The Kier molecular flexibility index (Phi) is 5.69. The number of benzene rings is 1. The van der Waals surface area contributed by atoms with Crippen molar-refractivity contribution in [3.05, 3.63) is 24.3 Å². The van der Waals surface area contributed by atoms with Gasteiger partial charge in [-0.15, -0.1) is 10.2 Å². The Morgan fingerprint density at radius 3 is 2.46 bits per heavy atom. The molecule has 8 nitrogen and oxygen atoms in total. The van der Waals surface area contributed by atoms with Crippen LogP contribution in [0.1, 0.15) is 6.92 Å². The van der Waals surface area contributed by atoms with Crippen molar-refractivity contribution in [3.8, 4) is 16.3 Å². The van der Waals surface area contributed by atoms with Gasteiger partial charge in [-0.1, -0.05) is 11.3 Å². The zero-order chi connectivity index (χ0) is 17.7. The van der Waals surface area contributed by atoms with E-state index in [1.54, 1.807) is 28.1 Å². The van der Waals surface area contributed by atoms with E-state index in [0.29, 0.717) is 10.1 Å². The second kappa shape index (κ2) is 7.73. The first-order valence-corrected chi connectivity index (χ1v) is 7.99. The van der Waals surface area contributed by atoms with E-state index in [2.05, 4.69) is 20.8 Å². The first kappa shape index (κ1) is 17.7. The maximum absolute atomic E-state index is 12.1. The predicted molar refractivity (Wildman–Crippen MR) is 92.2 cm³/mol. The zero-order valence-corrected chi connectivity index (χ0v) is 14.7. The highest BCUT2D eigenvalue weighted by Crippen LogP contribution is 2.27. The minimum absolute atomic E-state index is 0.339. The fourth-order valence-corrected chi connectivity index (χ4v) is 2.47. The highest BCUT2D eigenvalue weighted by Gasteiger charge is 2.18. The lowest BCUT2D eigenvalue weighted by atomic mass is 10.2. The molecule has 0 fully saturated rings. The molecule has 3 amide bonds. The Hall–Kier alpha value is -2.68. The summed E-state index contributed by atoms with van der Waals surface area (Å²) in [7, 11) is 4.81. The van der Waals surface area contributed by atoms with Crippen LogP contribution in [-0.2, 0) is 4.79 Å². The lowest BCUT2D eigenvalue weighted by molar-refractivity contribution is -0.117. The first-order valence-electron chi connectivity index (χ1n) is 7.17. The van der Waals surface area contributed by atoms with Crippen molar-refractivity contribution in [1.82, 2.24) is 20.4 Å². The van der Waals surface area contributed by atoms with E-state index >= 15 is 0 Å². The van der Waals surface area contributed by atoms with Crippen molar-refractivity contribution in [3.63, 3.8) is 0 Å². The van der Waals surface area contributed by atoms with Gasteiger partial charge in [0, 0.05) is 19.7 Å². The van der Waals surface area contributed by atoms with Crippen molar-refractivity contribution in [2.24, 2.45) is 0 Å². The van der Waals surface area contributed by atoms with E-state index in [4.69, 9.17) is 4.74 Å². The van der Waals surface area contributed by atoms with Gasteiger partial charge in [-0.05, 0) is 31.2 Å². The number of anilines is 1. The molecule has 0 saturated carbocycles. The maximum atomic E-state index is 12.1. The molecule has 0 spiro atoms. The molecule has 24 heavy (non-hydrogen) atoms. The van der Waals surface area contributed by atoms with Crippen LogP contribution < -0.4 is 15.4 Å². The number of methoxy groups -OCH3 is 1. The molecule has 0 aliphatic carbocycles. The summed E-state index contributed by atoms with van der Waals surface area (Å²) < 4.78 is 5.11. The molecule has 0 bridgehead atoms. The van der Waals surface area contributed by atoms with Crippen LogP contribution in [0.2, 0.25) is 0 Å². The van der Waals surface area contributed by atoms with E-state index in [1.807, 2.05) is 24.3 Å². The molecule has 0 unspecified atom stereocenters. The lowest BCUT2D eigenvalue weighted by Gasteiger charge is -2.16. The van der Waals surface area contributed by atoms with E-state index < -0.39 is 6.04 Å². The second-order valence-corrected chi connectivity index (χ2v) is 6.17. The number of nitrogens with zero attached hydrogens (tertiary/aromatic N) is 3. The molecule has 1 aromatic carbocycles. The number of carbonyl (C=O) groups excluding carboxylic acids is 2. The van der Waals surface area contributed by atoms with E-state index in [9.17, 15) is 9.59 Å². The fourth-order valence-electron chi connectivity index (χ4n) is 1.72. The summed E-state index contributed by atoms with van der Waals surface area (Å²) >= 11 is 1.25. The quantitative estimate of drug-likeness (QED) is 0.858. The van der Waals surface area contributed by atoms with Crippen molar-refractivity contribution in [2.45, 2.75) is 13.0 Å². The monoisotopic (exact) mass is 349 g/mol. The number of carbonyl (C=O) groups is 2. The summed E-state index contributed by atoms with van der Waals surface area (Å²) in [5.74, 6) is 0.393. The molecular weight excluding hydrogens is 330 g/mol. The average molecular weight is 349 g/mol. The third-order valence-electron chi connectivity index (χ3n) is 3.13. The third kappa shape index (κ3) is 4.42. The Balaban J connectivity index is 2.00. The predicted octanol–water partition coefficient (Wildman–Crippen LogP) is 1.81. The van der Waals surface area contributed by atoms with Crippen LogP contribution in [0, 0.1) is 0 Å². The van der Waals surface area contributed by atoms with Crippen LogP contribution in [0.15, 0.2) is 24.3 Å². The van der Waals surface area contributed by atoms with Crippen LogP contribution in [0.5, 0.6) is 5.75 Å². The van der Waals surface area contributed by atoms with Gasteiger partial charge in [0.1, 0.15) is 16.8 Å². The number of aromatic nitrogens is 2. The number of hydrogen-bond acceptors (Lipinski definition) is 6. The first-order chi connectivity index (χ1) is 11.4. The largest absolute Gasteiger partial charge is 0.497 e. The minimum atomic E-state index is -0.687. The summed E-state index contributed by atoms with van der Waals surface area (Å²) in [6.45, 7) is 1.60. The Bertz CT molecular complexity index is 714. The molecule has 2 aromatic rings. The minimum Gasteiger partial charge on any atom is -0.497 e. The molecule has 128 valence electrons. The number of urea groups is 1. The van der Waals surface area contributed by atoms with Gasteiger partial charge in [0.2, 0.25) is 11.0 Å². The Morgan fingerprint density at radius 2 is 1.88 bits per heavy atom. The highest BCUT2D eigenvalue weighted by atomic mass is 32.1. The van der Waals surface area contributed by atoms with Crippen molar-refractivity contribution < 1.29 is 14.3 Å². The van der Waals surface area contributed by atoms with Gasteiger partial charge in [0.25, 0.3) is 0 Å². The Morgan fingerprint density at radius 1 is 1.21 bits per heavy atom. The molecule has 2 rings (SSSR count). The lowest BCUT2D eigenvalue weighted by Crippen LogP contribution is -2.45. The van der Waals surface area contributed by atoms with E-state index in [1.165, 1.54) is 16.2 Å². The zero-order valence-electron chi connectivity index (χ0n) is 13.9. The smallest absolute Gasteiger partial charge is 0.317 e. The van der Waals surface area contributed by atoms with E-state index in [-0.39, 0.29) is 11.9 Å². The number of rotatable bonds is 5. The summed E-state index contributed by atoms with van der Waals surface area (Å²) in [6, 6.07) is 6.36. The normalized spacial score (nSPS) is 11.5. The number of ether oxygens (including phenoxy) is 1. The van der Waals surface area contributed by atoms with Crippen LogP contribution in [0.25, 0.3) is 10.6 Å². The fraction of sp³-hybridized carbons (Fsp3) is 0.333. The van der Waals surface area contributed by atoms with Crippen LogP contribution in [-0.4, -0.2) is 54.3 Å².